The number of fused-ring (bicyclic) bond motifs is 1. The van der Waals surface area contributed by atoms with Crippen LogP contribution in [-0.2, 0) is 11.2 Å². The number of aromatic nitrogens is 1. The van der Waals surface area contributed by atoms with Gasteiger partial charge in [-0.2, -0.15) is 0 Å². The number of benzene rings is 2. The molecular formula is C24H30ClN5O4. The van der Waals surface area contributed by atoms with E-state index < -0.39 is 4.92 Å². The lowest BCUT2D eigenvalue weighted by Gasteiger charge is -2.36. The van der Waals surface area contributed by atoms with E-state index in [1.54, 1.807) is 17.0 Å². The minimum atomic E-state index is -0.404. The zero-order valence-corrected chi connectivity index (χ0v) is 20.2. The molecule has 0 unspecified atom stereocenters. The van der Waals surface area contributed by atoms with E-state index in [1.807, 2.05) is 24.4 Å². The van der Waals surface area contributed by atoms with Gasteiger partial charge in [0.15, 0.2) is 6.61 Å². The van der Waals surface area contributed by atoms with Gasteiger partial charge in [-0.3, -0.25) is 14.9 Å². The fraction of sp³-hybridized carbons (Fsp3) is 0.375. The largest absolute Gasteiger partial charge is 0.484 e. The van der Waals surface area contributed by atoms with Crippen LogP contribution in [0.2, 0.25) is 0 Å². The molecule has 1 amide bonds. The highest BCUT2D eigenvalue weighted by Crippen LogP contribution is 2.25. The van der Waals surface area contributed by atoms with Gasteiger partial charge in [0.1, 0.15) is 5.75 Å². The number of hydrogen-bond acceptors (Lipinski definition) is 6. The van der Waals surface area contributed by atoms with Gasteiger partial charge in [0.05, 0.1) is 4.92 Å². The summed E-state index contributed by atoms with van der Waals surface area (Å²) in [5.41, 5.74) is 3.30. The van der Waals surface area contributed by atoms with Crippen molar-refractivity contribution in [3.63, 3.8) is 0 Å². The van der Waals surface area contributed by atoms with Crippen LogP contribution in [0.4, 0.5) is 11.4 Å². The fourth-order valence-electron chi connectivity index (χ4n) is 4.03. The van der Waals surface area contributed by atoms with E-state index in [4.69, 9.17) is 4.74 Å². The SMILES string of the molecule is CN(C)CCc1c[nH]c2ccc(OCC(=O)N3CCN(c4ccc([N+](=O)[O-])cc4)CC3)cc12.Cl. The molecule has 0 atom stereocenters. The number of hydrogen-bond donors (Lipinski definition) is 1. The van der Waals surface area contributed by atoms with Crippen molar-refractivity contribution in [2.24, 2.45) is 0 Å². The van der Waals surface area contributed by atoms with Crippen LogP contribution in [0, 0.1) is 10.1 Å². The maximum Gasteiger partial charge on any atom is 0.269 e. The molecule has 0 saturated carbocycles. The first-order chi connectivity index (χ1) is 15.9. The molecule has 1 aliphatic rings. The lowest BCUT2D eigenvalue weighted by atomic mass is 10.1. The Morgan fingerprint density at radius 2 is 1.82 bits per heavy atom. The summed E-state index contributed by atoms with van der Waals surface area (Å²) >= 11 is 0. The number of nitrogens with one attached hydrogen (secondary N) is 1. The first-order valence-electron chi connectivity index (χ1n) is 11.1. The molecular weight excluding hydrogens is 458 g/mol. The standard InChI is InChI=1S/C24H29N5O4.ClH/c1-26(2)10-9-18-16-25-23-8-7-21(15-22(18)23)33-17-24(30)28-13-11-27(12-14-28)19-3-5-20(6-4-19)29(31)32;/h3-8,15-16,25H,9-14,17H2,1-2H3;1H. The van der Waals surface area contributed by atoms with Crippen LogP contribution >= 0.6 is 12.4 Å². The minimum Gasteiger partial charge on any atom is -0.484 e. The second-order valence-electron chi connectivity index (χ2n) is 8.50. The number of nitro groups is 1. The molecule has 0 bridgehead atoms. The third-order valence-electron chi connectivity index (χ3n) is 5.99. The molecule has 4 rings (SSSR count). The van der Waals surface area contributed by atoms with Gasteiger partial charge in [-0.1, -0.05) is 0 Å². The summed E-state index contributed by atoms with van der Waals surface area (Å²) in [6.45, 7) is 3.49. The van der Waals surface area contributed by atoms with Gasteiger partial charge < -0.3 is 24.4 Å². The van der Waals surface area contributed by atoms with Crippen LogP contribution in [-0.4, -0.2) is 79.0 Å². The molecule has 1 aliphatic heterocycles. The third-order valence-corrected chi connectivity index (χ3v) is 5.99. The second-order valence-corrected chi connectivity index (χ2v) is 8.50. The predicted octanol–water partition coefficient (Wildman–Crippen LogP) is 3.33. The summed E-state index contributed by atoms with van der Waals surface area (Å²) in [4.78, 5) is 32.5. The molecule has 1 saturated heterocycles. The van der Waals surface area contributed by atoms with Gasteiger partial charge in [-0.05, 0) is 56.4 Å². The number of rotatable bonds is 8. The third kappa shape index (κ3) is 5.98. The number of anilines is 1. The summed E-state index contributed by atoms with van der Waals surface area (Å²) < 4.78 is 5.83. The van der Waals surface area contributed by atoms with Gasteiger partial charge in [0.2, 0.25) is 0 Å². The fourth-order valence-corrected chi connectivity index (χ4v) is 4.03. The van der Waals surface area contributed by atoms with Crippen molar-refractivity contribution in [1.82, 2.24) is 14.8 Å². The highest BCUT2D eigenvalue weighted by atomic mass is 35.5. The van der Waals surface area contributed by atoms with E-state index in [-0.39, 0.29) is 30.6 Å². The van der Waals surface area contributed by atoms with Crippen LogP contribution in [0.1, 0.15) is 5.56 Å². The van der Waals surface area contributed by atoms with Crippen molar-refractivity contribution in [1.29, 1.82) is 0 Å². The number of nitrogens with zero attached hydrogens (tertiary/aromatic N) is 4. The molecule has 3 aromatic rings. The van der Waals surface area contributed by atoms with E-state index in [0.29, 0.717) is 31.9 Å². The molecule has 2 aromatic carbocycles. The smallest absolute Gasteiger partial charge is 0.269 e. The van der Waals surface area contributed by atoms with Crippen LogP contribution in [0.25, 0.3) is 10.9 Å². The molecule has 0 aliphatic carbocycles. The Balaban J connectivity index is 0.00000324. The molecule has 0 spiro atoms. The number of likely N-dealkylation sites (N-methyl/N-ethyl adjacent to an activating group) is 1. The Hall–Kier alpha value is -3.30. The molecule has 1 fully saturated rings. The van der Waals surface area contributed by atoms with Gasteiger partial charge >= 0.3 is 0 Å². The van der Waals surface area contributed by atoms with Crippen LogP contribution in [0.3, 0.4) is 0 Å². The Bertz CT molecular complexity index is 1120. The van der Waals surface area contributed by atoms with Gasteiger partial charge in [0, 0.05) is 67.6 Å². The van der Waals surface area contributed by atoms with Gasteiger partial charge in [-0.25, -0.2) is 0 Å². The summed E-state index contributed by atoms with van der Waals surface area (Å²) in [6.07, 6.45) is 2.97. The monoisotopic (exact) mass is 487 g/mol. The molecule has 182 valence electrons. The zero-order valence-electron chi connectivity index (χ0n) is 19.4. The lowest BCUT2D eigenvalue weighted by molar-refractivity contribution is -0.384. The molecule has 1 N–H and O–H groups in total. The highest BCUT2D eigenvalue weighted by Gasteiger charge is 2.22. The number of halogens is 1. The number of H-pyrrole nitrogens is 1. The van der Waals surface area contributed by atoms with Crippen molar-refractivity contribution in [2.45, 2.75) is 6.42 Å². The number of amides is 1. The Morgan fingerprint density at radius 1 is 1.12 bits per heavy atom. The van der Waals surface area contributed by atoms with Crippen molar-refractivity contribution in [3.05, 3.63) is 64.3 Å². The summed E-state index contributed by atoms with van der Waals surface area (Å²) in [5, 5.41) is 11.9. The Kier molecular flexibility index (Phi) is 8.36. The average molecular weight is 488 g/mol. The average Bonchev–Trinajstić information content (AvgIpc) is 3.23. The second kappa shape index (κ2) is 11.2. The molecule has 9 nitrogen and oxygen atoms in total. The van der Waals surface area contributed by atoms with Crippen LogP contribution in [0.5, 0.6) is 5.75 Å². The van der Waals surface area contributed by atoms with Crippen molar-refractivity contribution in [3.8, 4) is 5.75 Å². The highest BCUT2D eigenvalue weighted by molar-refractivity contribution is 5.85. The van der Waals surface area contributed by atoms with Gasteiger partial charge in [-0.15, -0.1) is 12.4 Å². The van der Waals surface area contributed by atoms with Crippen LogP contribution in [0.15, 0.2) is 48.7 Å². The van der Waals surface area contributed by atoms with E-state index >= 15 is 0 Å². The molecule has 34 heavy (non-hydrogen) atoms. The zero-order chi connectivity index (χ0) is 23.4. The maximum atomic E-state index is 12.7. The molecule has 10 heteroatoms. The topological polar surface area (TPSA) is 95.0 Å². The van der Waals surface area contributed by atoms with E-state index in [2.05, 4.69) is 28.9 Å². The molecule has 2 heterocycles. The number of nitro benzene ring substituents is 1. The number of ether oxygens (including phenoxy) is 1. The normalized spacial score (nSPS) is 13.7. The molecule has 0 radical (unpaired) electrons. The Morgan fingerprint density at radius 3 is 2.47 bits per heavy atom. The van der Waals surface area contributed by atoms with E-state index in [1.165, 1.54) is 17.7 Å². The van der Waals surface area contributed by atoms with Crippen LogP contribution < -0.4 is 9.64 Å². The number of non-ortho nitro benzene ring substituents is 1. The number of piperazine rings is 1. The molecule has 1 aromatic heterocycles. The minimum absolute atomic E-state index is 0. The predicted molar refractivity (Wildman–Crippen MR) is 135 cm³/mol. The van der Waals surface area contributed by atoms with E-state index in [9.17, 15) is 14.9 Å². The summed E-state index contributed by atoms with van der Waals surface area (Å²) in [6, 6.07) is 12.4. The van der Waals surface area contributed by atoms with Crippen molar-refractivity contribution in [2.75, 3.05) is 58.3 Å². The summed E-state index contributed by atoms with van der Waals surface area (Å²) in [5.74, 6) is 0.645. The lowest BCUT2D eigenvalue weighted by Crippen LogP contribution is -2.50. The number of aromatic amines is 1. The first kappa shape index (κ1) is 25.3. The maximum absolute atomic E-state index is 12.7. The number of carbonyl (C=O) groups excluding carboxylic acids is 1. The van der Waals surface area contributed by atoms with Crippen molar-refractivity contribution < 1.29 is 14.5 Å². The first-order valence-corrected chi connectivity index (χ1v) is 11.1. The quantitative estimate of drug-likeness (QED) is 0.387. The van der Waals surface area contributed by atoms with Gasteiger partial charge in [0.25, 0.3) is 11.6 Å². The van der Waals surface area contributed by atoms with Crippen molar-refractivity contribution >= 4 is 40.6 Å². The Labute approximate surface area is 204 Å². The summed E-state index contributed by atoms with van der Waals surface area (Å²) in [7, 11) is 4.11. The number of carbonyl (C=O) groups is 1. The van der Waals surface area contributed by atoms with E-state index in [0.717, 1.165) is 29.6 Å².